The van der Waals surface area contributed by atoms with Crippen LogP contribution in [-0.2, 0) is 28.4 Å². The van der Waals surface area contributed by atoms with Crippen molar-refractivity contribution < 1.29 is 33.5 Å². The number of hydrogen-bond acceptors (Lipinski definition) is 8. The second-order valence-corrected chi connectivity index (χ2v) is 7.53. The van der Waals surface area contributed by atoms with E-state index in [2.05, 4.69) is 10.4 Å². The van der Waals surface area contributed by atoms with Crippen LogP contribution in [0, 0.1) is 0 Å². The molecule has 0 saturated carbocycles. The zero-order chi connectivity index (χ0) is 21.3. The number of halogens is 1. The predicted octanol–water partition coefficient (Wildman–Crippen LogP) is -0.147. The van der Waals surface area contributed by atoms with E-state index in [1.54, 1.807) is 20.8 Å². The topological polar surface area (TPSA) is 126 Å². The fourth-order valence-corrected chi connectivity index (χ4v) is 3.12. The zero-order valence-electron chi connectivity index (χ0n) is 16.1. The minimum absolute atomic E-state index is 0.00978. The summed E-state index contributed by atoms with van der Waals surface area (Å²) < 4.78 is 16.1. The molecule has 28 heavy (non-hydrogen) atoms. The number of likely N-dealkylation sites (N-methyl/N-ethyl adjacent to an activating group) is 1. The maximum Gasteiger partial charge on any atom is 0.323 e. The van der Waals surface area contributed by atoms with Crippen LogP contribution >= 0.6 is 20.6 Å². The van der Waals surface area contributed by atoms with Gasteiger partial charge in [-0.3, -0.25) is 24.4 Å². The van der Waals surface area contributed by atoms with Crippen LogP contribution in [0.4, 0.5) is 0 Å². The Morgan fingerprint density at radius 2 is 2.07 bits per heavy atom. The van der Waals surface area contributed by atoms with Crippen LogP contribution in [-0.4, -0.2) is 77.9 Å². The van der Waals surface area contributed by atoms with Crippen LogP contribution in [0.3, 0.4) is 0 Å². The first kappa shape index (κ1) is 24.7. The fraction of sp³-hybridized carbons (Fsp3) is 0.688. The summed E-state index contributed by atoms with van der Waals surface area (Å²) in [5.74, 6) is -0.803. The third kappa shape index (κ3) is 7.62. The number of aliphatic hydroxyl groups excluding tert-OH is 1. The van der Waals surface area contributed by atoms with E-state index < -0.39 is 41.7 Å². The lowest BCUT2D eigenvalue weighted by atomic mass is 10.2. The summed E-state index contributed by atoms with van der Waals surface area (Å²) in [6.45, 7) is 5.15. The van der Waals surface area contributed by atoms with Gasteiger partial charge in [-0.15, -0.1) is 11.6 Å². The molecule has 1 rings (SSSR count). The van der Waals surface area contributed by atoms with Gasteiger partial charge in [0.1, 0.15) is 23.6 Å². The Kier molecular flexibility index (Phi) is 10.9. The van der Waals surface area contributed by atoms with Crippen molar-refractivity contribution in [2.24, 2.45) is 0 Å². The smallest absolute Gasteiger partial charge is 0.323 e. The fourth-order valence-electron chi connectivity index (χ4n) is 2.15. The first-order valence-corrected chi connectivity index (χ1v) is 9.98. The number of nitrogens with zero attached hydrogens (tertiary/aromatic N) is 1. The van der Waals surface area contributed by atoms with E-state index in [0.717, 1.165) is 11.0 Å². The third-order valence-corrected chi connectivity index (χ3v) is 4.99. The molecule has 2 amide bonds. The molecule has 0 bridgehead atoms. The van der Waals surface area contributed by atoms with Crippen molar-refractivity contribution in [1.82, 2.24) is 15.3 Å². The lowest BCUT2D eigenvalue weighted by Crippen LogP contribution is -2.37. The number of ether oxygens (including phenoxy) is 2. The molecule has 0 aromatic carbocycles. The molecule has 1 heterocycles. The standard InChI is InChI=1S/C16H27ClN3O7P/c1-9(2)26-16(24)10(3)19-28-25-7-11-14(23)13(17)15(27-11)20(8-21)6-5-12(22)18-4/h5-6,8-11,13-15,19,23,28H,7H2,1-4H3,(H,18,22)/b6-5-. The van der Waals surface area contributed by atoms with E-state index in [0.29, 0.717) is 6.41 Å². The highest BCUT2D eigenvalue weighted by Gasteiger charge is 2.45. The molecule has 1 aliphatic rings. The van der Waals surface area contributed by atoms with Crippen molar-refractivity contribution >= 4 is 38.8 Å². The van der Waals surface area contributed by atoms with Crippen molar-refractivity contribution in [3.63, 3.8) is 0 Å². The molecule has 0 aromatic heterocycles. The summed E-state index contributed by atoms with van der Waals surface area (Å²) in [5, 5.41) is 14.5. The maximum atomic E-state index is 11.7. The lowest BCUT2D eigenvalue weighted by molar-refractivity contribution is -0.148. The molecule has 10 nitrogen and oxygen atoms in total. The molecular weight excluding hydrogens is 413 g/mol. The highest BCUT2D eigenvalue weighted by atomic mass is 35.5. The highest BCUT2D eigenvalue weighted by Crippen LogP contribution is 2.29. The Hall–Kier alpha value is -1.29. The average molecular weight is 440 g/mol. The molecule has 6 unspecified atom stereocenters. The van der Waals surface area contributed by atoms with Crippen LogP contribution in [0.25, 0.3) is 0 Å². The van der Waals surface area contributed by atoms with E-state index >= 15 is 0 Å². The van der Waals surface area contributed by atoms with E-state index in [4.69, 9.17) is 25.6 Å². The molecule has 0 radical (unpaired) electrons. The number of carbonyl (C=O) groups excluding carboxylic acids is 3. The van der Waals surface area contributed by atoms with Crippen molar-refractivity contribution in [2.45, 2.75) is 56.7 Å². The van der Waals surface area contributed by atoms with Gasteiger partial charge < -0.3 is 24.4 Å². The maximum absolute atomic E-state index is 11.7. The number of nitrogens with one attached hydrogen (secondary N) is 2. The Labute approximate surface area is 170 Å². The number of esters is 1. The van der Waals surface area contributed by atoms with Crippen LogP contribution < -0.4 is 10.4 Å². The number of amides is 2. The first-order valence-electron chi connectivity index (χ1n) is 8.64. The van der Waals surface area contributed by atoms with E-state index in [1.807, 2.05) is 0 Å². The van der Waals surface area contributed by atoms with Crippen LogP contribution in [0.15, 0.2) is 12.3 Å². The molecule has 1 saturated heterocycles. The summed E-state index contributed by atoms with van der Waals surface area (Å²) in [5.41, 5.74) is 0. The normalized spacial score (nSPS) is 26.1. The zero-order valence-corrected chi connectivity index (χ0v) is 17.9. The first-order chi connectivity index (χ1) is 13.2. The molecule has 3 N–H and O–H groups in total. The molecule has 160 valence electrons. The molecular formula is C16H27ClN3O7P. The van der Waals surface area contributed by atoms with E-state index in [1.165, 1.54) is 13.2 Å². The summed E-state index contributed by atoms with van der Waals surface area (Å²) in [7, 11) is 1.21. The Morgan fingerprint density at radius 3 is 2.64 bits per heavy atom. The number of alkyl halides is 1. The van der Waals surface area contributed by atoms with Crippen LogP contribution in [0.5, 0.6) is 0 Å². The molecule has 1 fully saturated rings. The molecule has 1 aliphatic heterocycles. The summed E-state index contributed by atoms with van der Waals surface area (Å²) in [6.07, 6.45) is -0.237. The number of rotatable bonds is 11. The van der Waals surface area contributed by atoms with Crippen molar-refractivity contribution in [1.29, 1.82) is 0 Å². The molecule has 0 aliphatic carbocycles. The molecule has 0 aromatic rings. The Morgan fingerprint density at radius 1 is 1.39 bits per heavy atom. The van der Waals surface area contributed by atoms with Crippen molar-refractivity contribution in [2.75, 3.05) is 13.7 Å². The van der Waals surface area contributed by atoms with Crippen molar-refractivity contribution in [3.05, 3.63) is 12.3 Å². The second-order valence-electron chi connectivity index (χ2n) is 6.25. The van der Waals surface area contributed by atoms with Gasteiger partial charge in [-0.25, -0.2) is 0 Å². The van der Waals surface area contributed by atoms with Gasteiger partial charge in [0.15, 0.2) is 6.23 Å². The second kappa shape index (κ2) is 12.3. The Bertz CT molecular complexity index is 566. The van der Waals surface area contributed by atoms with Gasteiger partial charge in [0, 0.05) is 19.3 Å². The molecule has 0 spiro atoms. The van der Waals surface area contributed by atoms with Gasteiger partial charge in [0.25, 0.3) is 0 Å². The van der Waals surface area contributed by atoms with E-state index in [9.17, 15) is 19.5 Å². The molecule has 6 atom stereocenters. The van der Waals surface area contributed by atoms with Gasteiger partial charge in [-0.05, 0) is 20.8 Å². The summed E-state index contributed by atoms with van der Waals surface area (Å²) >= 11 is 6.16. The summed E-state index contributed by atoms with van der Waals surface area (Å²) in [4.78, 5) is 35.3. The molecule has 12 heteroatoms. The van der Waals surface area contributed by atoms with Crippen molar-refractivity contribution in [3.8, 4) is 0 Å². The number of aliphatic hydroxyl groups is 1. The quantitative estimate of drug-likeness (QED) is 0.101. The average Bonchev–Trinajstić information content (AvgIpc) is 2.93. The number of hydrogen-bond donors (Lipinski definition) is 3. The number of carbonyl (C=O) groups is 3. The van der Waals surface area contributed by atoms with E-state index in [-0.39, 0.29) is 21.7 Å². The predicted molar refractivity (Wildman–Crippen MR) is 104 cm³/mol. The highest BCUT2D eigenvalue weighted by molar-refractivity contribution is 7.29. The third-order valence-electron chi connectivity index (χ3n) is 3.65. The minimum Gasteiger partial charge on any atom is -0.462 e. The van der Waals surface area contributed by atoms with Gasteiger partial charge in [-0.1, -0.05) is 0 Å². The minimum atomic E-state index is -1.09. The van der Waals surface area contributed by atoms with Gasteiger partial charge >= 0.3 is 5.97 Å². The monoisotopic (exact) mass is 439 g/mol. The SMILES string of the molecule is CNC(=O)/C=C\N(C=O)C1OC(COPNC(C)C(=O)OC(C)C)C(O)C1Cl. The van der Waals surface area contributed by atoms with Gasteiger partial charge in [0.05, 0.1) is 21.7 Å². The van der Waals surface area contributed by atoms with Gasteiger partial charge in [-0.2, -0.15) is 0 Å². The summed E-state index contributed by atoms with van der Waals surface area (Å²) in [6, 6.07) is -0.552. The van der Waals surface area contributed by atoms with Crippen LogP contribution in [0.2, 0.25) is 0 Å². The Balaban J connectivity index is 2.49. The van der Waals surface area contributed by atoms with Gasteiger partial charge in [0.2, 0.25) is 12.3 Å². The largest absolute Gasteiger partial charge is 0.462 e. The lowest BCUT2D eigenvalue weighted by Gasteiger charge is -2.22. The van der Waals surface area contributed by atoms with Crippen LogP contribution in [0.1, 0.15) is 20.8 Å².